The average molecular weight is 461 g/mol. The van der Waals surface area contributed by atoms with E-state index in [1.807, 2.05) is 0 Å². The second-order valence-corrected chi connectivity index (χ2v) is 7.32. The van der Waals surface area contributed by atoms with Gasteiger partial charge in [0.1, 0.15) is 11.4 Å². The predicted octanol–water partition coefficient (Wildman–Crippen LogP) is 7.03. The van der Waals surface area contributed by atoms with E-state index in [4.69, 9.17) is 16.3 Å². The van der Waals surface area contributed by atoms with Crippen LogP contribution in [-0.2, 0) is 15.7 Å². The first kappa shape index (κ1) is 21.6. The molecule has 3 aromatic rings. The molecule has 0 saturated carbocycles. The highest BCUT2D eigenvalue weighted by molar-refractivity contribution is 6.32. The van der Waals surface area contributed by atoms with E-state index in [0.717, 1.165) is 30.3 Å². The van der Waals surface area contributed by atoms with Crippen LogP contribution in [0, 0.1) is 5.82 Å². The molecule has 0 saturated heterocycles. The Morgan fingerprint density at radius 3 is 2.31 bits per heavy atom. The normalized spacial score (nSPS) is 15.4. The van der Waals surface area contributed by atoms with Crippen molar-refractivity contribution in [1.82, 2.24) is 0 Å². The molecule has 0 radical (unpaired) electrons. The molecular formula is C24H13ClF4O3. The number of alkyl halides is 3. The fourth-order valence-corrected chi connectivity index (χ4v) is 3.44. The minimum atomic E-state index is -4.61. The molecule has 1 aliphatic rings. The fraction of sp³-hybridized carbons (Fsp3) is 0.0417. The van der Waals surface area contributed by atoms with Gasteiger partial charge in [0.2, 0.25) is 0 Å². The molecule has 1 aliphatic heterocycles. The van der Waals surface area contributed by atoms with Crippen LogP contribution in [0.3, 0.4) is 0 Å². The van der Waals surface area contributed by atoms with Crippen LogP contribution in [-0.4, -0.2) is 11.1 Å². The van der Waals surface area contributed by atoms with Crippen molar-refractivity contribution in [2.24, 2.45) is 0 Å². The fourth-order valence-electron chi connectivity index (χ4n) is 3.27. The number of aliphatic hydroxyl groups excluding tert-OH is 1. The zero-order valence-electron chi connectivity index (χ0n) is 16.1. The van der Waals surface area contributed by atoms with Crippen LogP contribution in [0.1, 0.15) is 16.7 Å². The Labute approximate surface area is 184 Å². The van der Waals surface area contributed by atoms with E-state index < -0.39 is 35.0 Å². The van der Waals surface area contributed by atoms with Crippen LogP contribution < -0.4 is 0 Å². The molecule has 0 unspecified atom stereocenters. The lowest BCUT2D eigenvalue weighted by Gasteiger charge is -2.08. The number of carbonyl (C=O) groups is 1. The number of hydrogen-bond acceptors (Lipinski definition) is 3. The molecule has 3 aromatic carbocycles. The summed E-state index contributed by atoms with van der Waals surface area (Å²) in [6, 6.07) is 15.3. The van der Waals surface area contributed by atoms with Crippen molar-refractivity contribution in [2.45, 2.75) is 6.18 Å². The lowest BCUT2D eigenvalue weighted by molar-refractivity contribution is -0.137. The molecule has 0 fully saturated rings. The highest BCUT2D eigenvalue weighted by atomic mass is 35.5. The van der Waals surface area contributed by atoms with E-state index in [1.165, 1.54) is 12.1 Å². The standard InChI is InChI=1S/C24H13ClF4O3/c25-18-9-7-16(24(27,28)29)10-15(18)12-20-22(30)21(23(31)32-20)14-6-8-17(19(26)11-14)13-4-2-1-3-5-13/h1-12,30H/b20-12+. The quantitative estimate of drug-likeness (QED) is 0.337. The maximum atomic E-state index is 14.7. The molecule has 0 bridgehead atoms. The van der Waals surface area contributed by atoms with Gasteiger partial charge in [-0.1, -0.05) is 54.1 Å². The number of esters is 1. The van der Waals surface area contributed by atoms with Crippen LogP contribution in [0.2, 0.25) is 5.02 Å². The molecule has 1 N–H and O–H groups in total. The Kier molecular flexibility index (Phi) is 5.52. The van der Waals surface area contributed by atoms with Gasteiger partial charge >= 0.3 is 12.1 Å². The van der Waals surface area contributed by atoms with Gasteiger partial charge in [0.15, 0.2) is 11.5 Å². The zero-order chi connectivity index (χ0) is 23.0. The van der Waals surface area contributed by atoms with Crippen LogP contribution in [0.4, 0.5) is 17.6 Å². The number of cyclic esters (lactones) is 1. The summed E-state index contributed by atoms with van der Waals surface area (Å²) in [5, 5.41) is 10.5. The van der Waals surface area contributed by atoms with Crippen LogP contribution in [0.25, 0.3) is 22.8 Å². The smallest absolute Gasteiger partial charge is 0.416 e. The lowest BCUT2D eigenvalue weighted by atomic mass is 9.99. The van der Waals surface area contributed by atoms with E-state index in [9.17, 15) is 27.5 Å². The van der Waals surface area contributed by atoms with Gasteiger partial charge in [-0.2, -0.15) is 13.2 Å². The molecule has 4 rings (SSSR count). The van der Waals surface area contributed by atoms with Gasteiger partial charge in [0.05, 0.1) is 5.56 Å². The summed E-state index contributed by atoms with van der Waals surface area (Å²) in [5.41, 5.74) is -0.389. The summed E-state index contributed by atoms with van der Waals surface area (Å²) in [4.78, 5) is 12.3. The first-order valence-electron chi connectivity index (χ1n) is 9.24. The lowest BCUT2D eigenvalue weighted by Crippen LogP contribution is -2.05. The van der Waals surface area contributed by atoms with Crippen molar-refractivity contribution in [3.8, 4) is 11.1 Å². The Bertz CT molecular complexity index is 1280. The number of benzene rings is 3. The summed E-state index contributed by atoms with van der Waals surface area (Å²) in [6.45, 7) is 0. The van der Waals surface area contributed by atoms with Crippen molar-refractivity contribution in [1.29, 1.82) is 0 Å². The van der Waals surface area contributed by atoms with Crippen LogP contribution >= 0.6 is 11.6 Å². The monoisotopic (exact) mass is 460 g/mol. The van der Waals surface area contributed by atoms with Crippen LogP contribution in [0.15, 0.2) is 78.2 Å². The molecule has 0 amide bonds. The summed E-state index contributed by atoms with van der Waals surface area (Å²) in [5.74, 6) is -2.61. The number of rotatable bonds is 3. The van der Waals surface area contributed by atoms with Gasteiger partial charge in [-0.15, -0.1) is 0 Å². The molecule has 0 aromatic heterocycles. The minimum absolute atomic E-state index is 0.0407. The number of halogens is 5. The molecule has 0 aliphatic carbocycles. The van der Waals surface area contributed by atoms with Crippen molar-refractivity contribution in [3.63, 3.8) is 0 Å². The third-order valence-electron chi connectivity index (χ3n) is 4.83. The SMILES string of the molecule is O=C1O/C(=C/c2cc(C(F)(F)F)ccc2Cl)C(O)=C1c1ccc(-c2ccccc2)c(F)c1. The summed E-state index contributed by atoms with van der Waals surface area (Å²) >= 11 is 5.96. The van der Waals surface area contributed by atoms with Crippen molar-refractivity contribution in [3.05, 3.63) is 106 Å². The summed E-state index contributed by atoms with van der Waals surface area (Å²) < 4.78 is 58.7. The van der Waals surface area contributed by atoms with Crippen molar-refractivity contribution < 1.29 is 32.2 Å². The minimum Gasteiger partial charge on any atom is -0.504 e. The Hall–Kier alpha value is -3.58. The summed E-state index contributed by atoms with van der Waals surface area (Å²) in [7, 11) is 0. The highest BCUT2D eigenvalue weighted by Gasteiger charge is 2.33. The van der Waals surface area contributed by atoms with Gasteiger partial charge < -0.3 is 9.84 Å². The maximum absolute atomic E-state index is 14.7. The largest absolute Gasteiger partial charge is 0.504 e. The number of aliphatic hydroxyl groups is 1. The Balaban J connectivity index is 1.74. The molecule has 1 heterocycles. The van der Waals surface area contributed by atoms with Gasteiger partial charge in [0, 0.05) is 10.6 Å². The first-order chi connectivity index (χ1) is 15.1. The van der Waals surface area contributed by atoms with E-state index in [2.05, 4.69) is 0 Å². The first-order valence-corrected chi connectivity index (χ1v) is 9.62. The molecule has 0 spiro atoms. The molecule has 0 atom stereocenters. The van der Waals surface area contributed by atoms with Gasteiger partial charge in [-0.3, -0.25) is 0 Å². The third-order valence-corrected chi connectivity index (χ3v) is 5.17. The number of carbonyl (C=O) groups excluding carboxylic acids is 1. The Morgan fingerprint density at radius 2 is 1.66 bits per heavy atom. The molecule has 8 heteroatoms. The molecular weight excluding hydrogens is 448 g/mol. The molecule has 3 nitrogen and oxygen atoms in total. The topological polar surface area (TPSA) is 46.5 Å². The summed E-state index contributed by atoms with van der Waals surface area (Å²) in [6.07, 6.45) is -3.59. The zero-order valence-corrected chi connectivity index (χ0v) is 16.8. The van der Waals surface area contributed by atoms with Crippen LogP contribution in [0.5, 0.6) is 0 Å². The third kappa shape index (κ3) is 4.11. The predicted molar refractivity (Wildman–Crippen MR) is 112 cm³/mol. The van der Waals surface area contributed by atoms with E-state index in [-0.39, 0.29) is 21.7 Å². The number of ether oxygens (including phenoxy) is 1. The Morgan fingerprint density at radius 1 is 0.938 bits per heavy atom. The van der Waals surface area contributed by atoms with Gasteiger partial charge in [-0.25, -0.2) is 9.18 Å². The molecule has 32 heavy (non-hydrogen) atoms. The number of hydrogen-bond donors (Lipinski definition) is 1. The van der Waals surface area contributed by atoms with Gasteiger partial charge in [-0.05, 0) is 47.0 Å². The molecule has 162 valence electrons. The van der Waals surface area contributed by atoms with Gasteiger partial charge in [0.25, 0.3) is 0 Å². The second-order valence-electron chi connectivity index (χ2n) is 6.92. The second kappa shape index (κ2) is 8.16. The maximum Gasteiger partial charge on any atom is 0.416 e. The van der Waals surface area contributed by atoms with E-state index >= 15 is 0 Å². The van der Waals surface area contributed by atoms with E-state index in [1.54, 1.807) is 30.3 Å². The highest BCUT2D eigenvalue weighted by Crippen LogP contribution is 2.37. The van der Waals surface area contributed by atoms with E-state index in [0.29, 0.717) is 11.1 Å². The van der Waals surface area contributed by atoms with Crippen molar-refractivity contribution in [2.75, 3.05) is 0 Å². The van der Waals surface area contributed by atoms with Crippen molar-refractivity contribution >= 4 is 29.2 Å². The average Bonchev–Trinajstić information content (AvgIpc) is 3.02.